The van der Waals surface area contributed by atoms with Gasteiger partial charge in [-0.15, -0.1) is 11.3 Å². The van der Waals surface area contributed by atoms with Crippen LogP contribution >= 0.6 is 34.5 Å². The number of rotatable bonds is 5. The SMILES string of the molecule is Cc1nc([C@@H]2OC3C(O)CO[C@@H]3C(N=C/C(=C\N)c3c(F)c(F)c(Cl)c4ncsc34)C2O)n(-c2cc(Cl)c(F)cc2C(F)(F)F)n1. The van der Waals surface area contributed by atoms with Crippen molar-refractivity contribution in [3.05, 3.63) is 74.1 Å². The van der Waals surface area contributed by atoms with E-state index in [0.717, 1.165) is 23.8 Å². The predicted octanol–water partition coefficient (Wildman–Crippen LogP) is 4.93. The third-order valence-electron chi connectivity index (χ3n) is 7.49. The van der Waals surface area contributed by atoms with Crippen molar-refractivity contribution >= 4 is 56.5 Å². The van der Waals surface area contributed by atoms with Crippen LogP contribution in [0.4, 0.5) is 26.3 Å². The molecule has 2 fully saturated rings. The average Bonchev–Trinajstić information content (AvgIpc) is 3.73. The molecule has 2 aliphatic rings. The summed E-state index contributed by atoms with van der Waals surface area (Å²) in [5, 5.41) is 25.0. The molecule has 2 saturated heterocycles. The molecule has 10 nitrogen and oxygen atoms in total. The molecule has 2 aromatic carbocycles. The number of nitrogens with zero attached hydrogens (tertiary/aromatic N) is 5. The second kappa shape index (κ2) is 12.0. The summed E-state index contributed by atoms with van der Waals surface area (Å²) < 4.78 is 98.4. The van der Waals surface area contributed by atoms with E-state index >= 15 is 4.39 Å². The van der Waals surface area contributed by atoms with E-state index in [4.69, 9.17) is 38.4 Å². The Hall–Kier alpha value is -3.32. The largest absolute Gasteiger partial charge is 0.418 e. The van der Waals surface area contributed by atoms with Crippen molar-refractivity contribution in [1.82, 2.24) is 19.7 Å². The van der Waals surface area contributed by atoms with Crippen LogP contribution in [0.5, 0.6) is 0 Å². The summed E-state index contributed by atoms with van der Waals surface area (Å²) in [7, 11) is 0. The number of fused-ring (bicyclic) bond motifs is 2. The maximum absolute atomic E-state index is 15.2. The summed E-state index contributed by atoms with van der Waals surface area (Å²) in [6.07, 6.45) is -9.93. The number of hydrogen-bond acceptors (Lipinski definition) is 10. The lowest BCUT2D eigenvalue weighted by Gasteiger charge is -2.40. The van der Waals surface area contributed by atoms with Crippen LogP contribution in [0.2, 0.25) is 10.0 Å². The van der Waals surface area contributed by atoms with Gasteiger partial charge in [0.1, 0.15) is 58.7 Å². The van der Waals surface area contributed by atoms with Gasteiger partial charge in [-0.1, -0.05) is 23.2 Å². The van der Waals surface area contributed by atoms with Crippen LogP contribution in [-0.4, -0.2) is 73.2 Å². The second-order valence-electron chi connectivity index (χ2n) is 10.3. The van der Waals surface area contributed by atoms with Crippen LogP contribution in [0.1, 0.15) is 28.9 Å². The van der Waals surface area contributed by atoms with Crippen LogP contribution in [0.25, 0.3) is 21.5 Å². The number of aliphatic hydroxyl groups excluding tert-OH is 2. The van der Waals surface area contributed by atoms with E-state index in [-0.39, 0.29) is 45.7 Å². The molecule has 0 aliphatic carbocycles. The highest BCUT2D eigenvalue weighted by atomic mass is 35.5. The number of aliphatic hydroxyl groups is 2. The van der Waals surface area contributed by atoms with Gasteiger partial charge in [-0.05, 0) is 19.1 Å². The molecular weight excluding hydrogens is 689 g/mol. The molecule has 19 heteroatoms. The minimum absolute atomic E-state index is 0.0179. The molecule has 244 valence electrons. The first-order valence-corrected chi connectivity index (χ1v) is 14.8. The highest BCUT2D eigenvalue weighted by Crippen LogP contribution is 2.42. The fourth-order valence-electron chi connectivity index (χ4n) is 5.43. The van der Waals surface area contributed by atoms with E-state index in [2.05, 4.69) is 20.1 Å². The van der Waals surface area contributed by atoms with E-state index < -0.39 is 81.5 Å². The molecule has 0 amide bonds. The summed E-state index contributed by atoms with van der Waals surface area (Å²) >= 11 is 12.7. The number of alkyl halides is 3. The van der Waals surface area contributed by atoms with Gasteiger partial charge in [-0.3, -0.25) is 4.99 Å². The van der Waals surface area contributed by atoms with Gasteiger partial charge in [0.25, 0.3) is 0 Å². The smallest absolute Gasteiger partial charge is 0.404 e. The standard InChI is InChI=1S/C27H20Cl2F6N6O4S/c1-8-39-26(41(40-8)13-3-11(28)12(30)2-10(13)27(33,34)35)24-21(43)20(23-22(45-24)14(42)6-44-23)37-5-9(4-36)15-17(31)18(32)16(29)19-25(15)46-7-38-19/h2-5,7,14,20-24,42-43H,6,36H2,1H3/b9-4+,37-5?/t14?,20?,21?,22?,23-,24-/m1/s1. The third kappa shape index (κ3) is 5.42. The van der Waals surface area contributed by atoms with Gasteiger partial charge < -0.3 is 25.4 Å². The van der Waals surface area contributed by atoms with Crippen molar-refractivity contribution in [2.24, 2.45) is 10.7 Å². The lowest BCUT2D eigenvalue weighted by Crippen LogP contribution is -2.54. The molecule has 0 radical (unpaired) electrons. The molecule has 4 heterocycles. The van der Waals surface area contributed by atoms with Gasteiger partial charge in [0.15, 0.2) is 17.5 Å². The molecule has 4 N–H and O–H groups in total. The van der Waals surface area contributed by atoms with Gasteiger partial charge in [-0.25, -0.2) is 27.8 Å². The summed E-state index contributed by atoms with van der Waals surface area (Å²) in [6, 6.07) is -0.415. The first kappa shape index (κ1) is 32.6. The lowest BCUT2D eigenvalue weighted by molar-refractivity contribution is -0.178. The average molecular weight is 709 g/mol. The summed E-state index contributed by atoms with van der Waals surface area (Å²) in [5.41, 5.74) is 4.49. The minimum atomic E-state index is -5.05. The Labute approximate surface area is 268 Å². The maximum atomic E-state index is 15.2. The zero-order valence-electron chi connectivity index (χ0n) is 23.0. The van der Waals surface area contributed by atoms with Crippen LogP contribution in [0.15, 0.2) is 28.8 Å². The molecule has 46 heavy (non-hydrogen) atoms. The Morgan fingerprint density at radius 2 is 1.91 bits per heavy atom. The number of allylic oxidation sites excluding steroid dienone is 1. The summed E-state index contributed by atoms with van der Waals surface area (Å²) in [6.45, 7) is 1.11. The second-order valence-corrected chi connectivity index (χ2v) is 12.0. The van der Waals surface area contributed by atoms with Crippen molar-refractivity contribution in [3.8, 4) is 5.69 Å². The fourth-order valence-corrected chi connectivity index (χ4v) is 6.72. The number of aromatic nitrogens is 4. The van der Waals surface area contributed by atoms with Gasteiger partial charge in [0.2, 0.25) is 0 Å². The molecular formula is C27H20Cl2F6N6O4S. The number of aliphatic imine (C=N–C) groups is 1. The Morgan fingerprint density at radius 3 is 2.61 bits per heavy atom. The van der Waals surface area contributed by atoms with E-state index in [0.29, 0.717) is 10.7 Å². The van der Waals surface area contributed by atoms with Gasteiger partial charge in [0, 0.05) is 23.6 Å². The molecule has 6 atom stereocenters. The van der Waals surface area contributed by atoms with Crippen LogP contribution in [0, 0.1) is 24.4 Å². The Bertz CT molecular complexity index is 1900. The van der Waals surface area contributed by atoms with Crippen molar-refractivity contribution in [2.75, 3.05) is 6.61 Å². The Kier molecular flexibility index (Phi) is 8.54. The van der Waals surface area contributed by atoms with E-state index in [1.807, 2.05) is 0 Å². The number of halogens is 8. The molecule has 0 spiro atoms. The van der Waals surface area contributed by atoms with E-state index in [9.17, 15) is 32.2 Å². The van der Waals surface area contributed by atoms with Crippen molar-refractivity contribution in [3.63, 3.8) is 0 Å². The molecule has 0 saturated carbocycles. The normalized spacial score (nSPS) is 25.6. The third-order valence-corrected chi connectivity index (χ3v) is 8.97. The zero-order chi connectivity index (χ0) is 33.2. The highest BCUT2D eigenvalue weighted by molar-refractivity contribution is 7.17. The number of benzene rings is 2. The van der Waals surface area contributed by atoms with Gasteiger partial charge >= 0.3 is 6.18 Å². The Morgan fingerprint density at radius 1 is 1.17 bits per heavy atom. The molecule has 4 unspecified atom stereocenters. The number of ether oxygens (including phenoxy) is 2. The maximum Gasteiger partial charge on any atom is 0.418 e. The van der Waals surface area contributed by atoms with Crippen LogP contribution in [-0.2, 0) is 15.7 Å². The van der Waals surface area contributed by atoms with E-state index in [1.165, 1.54) is 12.4 Å². The summed E-state index contributed by atoms with van der Waals surface area (Å²) in [5.74, 6) is -4.44. The lowest BCUT2D eigenvalue weighted by atomic mass is 9.91. The van der Waals surface area contributed by atoms with Crippen LogP contribution in [0.3, 0.4) is 0 Å². The zero-order valence-corrected chi connectivity index (χ0v) is 25.3. The minimum Gasteiger partial charge on any atom is -0.404 e. The van der Waals surface area contributed by atoms with Crippen LogP contribution < -0.4 is 5.73 Å². The van der Waals surface area contributed by atoms with Crippen molar-refractivity contribution < 1.29 is 46.0 Å². The first-order chi connectivity index (χ1) is 21.7. The number of hydrogen-bond donors (Lipinski definition) is 3. The molecule has 0 bridgehead atoms. The topological polar surface area (TPSA) is 141 Å². The Balaban J connectivity index is 1.43. The predicted molar refractivity (Wildman–Crippen MR) is 154 cm³/mol. The number of nitrogens with two attached hydrogens (primary N) is 1. The molecule has 2 aromatic heterocycles. The first-order valence-electron chi connectivity index (χ1n) is 13.2. The fraction of sp³-hybridized carbons (Fsp3) is 0.333. The van der Waals surface area contributed by atoms with Crippen molar-refractivity contribution in [2.45, 2.75) is 49.7 Å². The molecule has 2 aliphatic heterocycles. The number of thiazole rings is 1. The van der Waals surface area contributed by atoms with Crippen molar-refractivity contribution in [1.29, 1.82) is 0 Å². The van der Waals surface area contributed by atoms with Gasteiger partial charge in [-0.2, -0.15) is 18.3 Å². The summed E-state index contributed by atoms with van der Waals surface area (Å²) in [4.78, 5) is 12.5. The number of aryl methyl sites for hydroxylation is 1. The quantitative estimate of drug-likeness (QED) is 0.151. The molecule has 4 aromatic rings. The van der Waals surface area contributed by atoms with Gasteiger partial charge in [0.05, 0.1) is 33.1 Å². The molecule has 6 rings (SSSR count). The van der Waals surface area contributed by atoms with E-state index in [1.54, 1.807) is 0 Å². The highest BCUT2D eigenvalue weighted by Gasteiger charge is 2.53. The monoisotopic (exact) mass is 708 g/mol.